The molecule has 1 aromatic heterocycles. The summed E-state index contributed by atoms with van der Waals surface area (Å²) >= 11 is 4.67. The van der Waals surface area contributed by atoms with E-state index in [0.717, 1.165) is 10.2 Å². The number of hydrogen-bond donors (Lipinski definition) is 2. The fourth-order valence-corrected chi connectivity index (χ4v) is 4.15. The average molecular weight is 546 g/mol. The van der Waals surface area contributed by atoms with Gasteiger partial charge in [0.15, 0.2) is 17.6 Å². The maximum absolute atomic E-state index is 12.3. The number of amides is 2. The van der Waals surface area contributed by atoms with Crippen molar-refractivity contribution >= 4 is 45.2 Å². The van der Waals surface area contributed by atoms with E-state index in [4.69, 9.17) is 4.74 Å². The van der Waals surface area contributed by atoms with E-state index in [-0.39, 0.29) is 30.7 Å². The second-order valence-corrected chi connectivity index (χ2v) is 9.63. The zero-order valence-electron chi connectivity index (χ0n) is 19.4. The predicted molar refractivity (Wildman–Crippen MR) is 137 cm³/mol. The first kappa shape index (κ1) is 25.8. The number of nitrogens with one attached hydrogen (secondary N) is 2. The van der Waals surface area contributed by atoms with Crippen molar-refractivity contribution in [3.8, 4) is 5.75 Å². The van der Waals surface area contributed by atoms with Gasteiger partial charge in [0.2, 0.25) is 5.91 Å². The van der Waals surface area contributed by atoms with Gasteiger partial charge in [-0.2, -0.15) is 0 Å². The van der Waals surface area contributed by atoms with Crippen LogP contribution in [-0.2, 0) is 22.7 Å². The maximum Gasteiger partial charge on any atom is 0.258 e. The van der Waals surface area contributed by atoms with Crippen molar-refractivity contribution in [3.05, 3.63) is 64.4 Å². The molecule has 180 valence electrons. The van der Waals surface area contributed by atoms with E-state index in [0.29, 0.717) is 29.2 Å². The minimum Gasteiger partial charge on any atom is -0.484 e. The van der Waals surface area contributed by atoms with Gasteiger partial charge in [-0.3, -0.25) is 9.59 Å². The topological polar surface area (TPSA) is 98.1 Å². The summed E-state index contributed by atoms with van der Waals surface area (Å²) in [5, 5.41) is 14.6. The van der Waals surface area contributed by atoms with Gasteiger partial charge in [-0.05, 0) is 54.8 Å². The quantitative estimate of drug-likeness (QED) is 0.341. The highest BCUT2D eigenvalue weighted by Gasteiger charge is 2.14. The molecule has 2 aromatic carbocycles. The Labute approximate surface area is 212 Å². The fraction of sp³-hybridized carbons (Fsp3) is 0.333. The number of carbonyl (C=O) groups is 2. The molecule has 0 bridgehead atoms. The Balaban J connectivity index is 1.46. The van der Waals surface area contributed by atoms with Crippen molar-refractivity contribution in [1.82, 2.24) is 20.1 Å². The molecule has 0 unspecified atom stereocenters. The van der Waals surface area contributed by atoms with E-state index in [2.05, 4.69) is 50.6 Å². The summed E-state index contributed by atoms with van der Waals surface area (Å²) in [5.41, 5.74) is 1.95. The van der Waals surface area contributed by atoms with Crippen LogP contribution in [-0.4, -0.2) is 38.9 Å². The molecule has 8 nitrogen and oxygen atoms in total. The third-order valence-electron chi connectivity index (χ3n) is 4.93. The Hall–Kier alpha value is -2.85. The van der Waals surface area contributed by atoms with Gasteiger partial charge >= 0.3 is 0 Å². The number of anilines is 1. The summed E-state index contributed by atoms with van der Waals surface area (Å²) in [7, 11) is 0. The highest BCUT2D eigenvalue weighted by atomic mass is 79.9. The van der Waals surface area contributed by atoms with Crippen LogP contribution in [0.3, 0.4) is 0 Å². The smallest absolute Gasteiger partial charge is 0.258 e. The number of nitrogens with zero attached hydrogens (tertiary/aromatic N) is 3. The molecule has 0 atom stereocenters. The van der Waals surface area contributed by atoms with E-state index in [1.165, 1.54) is 17.3 Å². The molecule has 3 rings (SSSR count). The number of hydrogen-bond acceptors (Lipinski definition) is 6. The van der Waals surface area contributed by atoms with Crippen LogP contribution in [0.1, 0.15) is 38.1 Å². The van der Waals surface area contributed by atoms with Gasteiger partial charge in [0.05, 0.1) is 12.3 Å². The van der Waals surface area contributed by atoms with Gasteiger partial charge in [0.1, 0.15) is 5.75 Å². The summed E-state index contributed by atoms with van der Waals surface area (Å²) in [6, 6.07) is 15.1. The lowest BCUT2D eigenvalue weighted by molar-refractivity contribution is -0.123. The van der Waals surface area contributed by atoms with Crippen molar-refractivity contribution in [3.63, 3.8) is 0 Å². The Morgan fingerprint density at radius 3 is 2.41 bits per heavy atom. The highest BCUT2D eigenvalue weighted by Crippen LogP contribution is 2.20. The molecule has 10 heteroatoms. The molecule has 1 heterocycles. The van der Waals surface area contributed by atoms with Crippen LogP contribution in [0, 0.1) is 0 Å². The maximum atomic E-state index is 12.3. The second-order valence-electron chi connectivity index (χ2n) is 7.78. The van der Waals surface area contributed by atoms with E-state index >= 15 is 0 Å². The molecule has 0 saturated carbocycles. The van der Waals surface area contributed by atoms with Gasteiger partial charge < -0.3 is 19.9 Å². The van der Waals surface area contributed by atoms with E-state index in [1.54, 1.807) is 0 Å². The van der Waals surface area contributed by atoms with Crippen molar-refractivity contribution < 1.29 is 14.3 Å². The van der Waals surface area contributed by atoms with Crippen molar-refractivity contribution in [2.45, 2.75) is 44.9 Å². The minimum atomic E-state index is -0.248. The highest BCUT2D eigenvalue weighted by molar-refractivity contribution is 9.10. The molecule has 0 radical (unpaired) electrons. The van der Waals surface area contributed by atoms with Gasteiger partial charge in [0.25, 0.3) is 5.91 Å². The van der Waals surface area contributed by atoms with Crippen LogP contribution < -0.4 is 15.4 Å². The third kappa shape index (κ3) is 7.59. The average Bonchev–Trinajstić information content (AvgIpc) is 3.23. The van der Waals surface area contributed by atoms with Crippen molar-refractivity contribution in [1.29, 1.82) is 0 Å². The Morgan fingerprint density at radius 2 is 1.76 bits per heavy atom. The van der Waals surface area contributed by atoms with Crippen LogP contribution in [0.15, 0.2) is 58.2 Å². The van der Waals surface area contributed by atoms with Gasteiger partial charge in [-0.25, -0.2) is 0 Å². The number of ether oxygens (including phenoxy) is 1. The molecule has 0 aliphatic heterocycles. The first-order valence-corrected chi connectivity index (χ1v) is 12.7. The molecule has 3 aromatic rings. The lowest BCUT2D eigenvalue weighted by Crippen LogP contribution is -2.29. The first-order valence-electron chi connectivity index (χ1n) is 11.0. The molecule has 0 saturated heterocycles. The number of rotatable bonds is 11. The zero-order valence-corrected chi connectivity index (χ0v) is 21.8. The number of aromatic nitrogens is 3. The van der Waals surface area contributed by atoms with Gasteiger partial charge in [0, 0.05) is 16.7 Å². The van der Waals surface area contributed by atoms with Crippen LogP contribution in [0.4, 0.5) is 5.69 Å². The van der Waals surface area contributed by atoms with Crippen LogP contribution in [0.2, 0.25) is 0 Å². The SMILES string of the molecule is CCn1c(CNC(=O)COc2ccc(C(C)C)cc2)nnc1SCC(=O)Nc1ccc(Br)cc1. The molecule has 0 aliphatic carbocycles. The zero-order chi connectivity index (χ0) is 24.5. The van der Waals surface area contributed by atoms with Crippen molar-refractivity contribution in [2.24, 2.45) is 0 Å². The second kappa shape index (κ2) is 12.6. The lowest BCUT2D eigenvalue weighted by Gasteiger charge is -2.10. The number of benzene rings is 2. The van der Waals surface area contributed by atoms with Crippen LogP contribution in [0.5, 0.6) is 5.75 Å². The van der Waals surface area contributed by atoms with Crippen LogP contribution in [0.25, 0.3) is 0 Å². The Bertz CT molecular complexity index is 1100. The molecular formula is C24H28BrN5O3S. The molecular weight excluding hydrogens is 518 g/mol. The number of carbonyl (C=O) groups excluding carboxylic acids is 2. The number of thioether (sulfide) groups is 1. The summed E-state index contributed by atoms with van der Waals surface area (Å²) < 4.78 is 8.39. The number of halogens is 1. The summed E-state index contributed by atoms with van der Waals surface area (Å²) in [4.78, 5) is 24.5. The van der Waals surface area contributed by atoms with Gasteiger partial charge in [-0.15, -0.1) is 10.2 Å². The van der Waals surface area contributed by atoms with Crippen LogP contribution >= 0.6 is 27.7 Å². The molecule has 0 aliphatic rings. The van der Waals surface area contributed by atoms with Gasteiger partial charge in [-0.1, -0.05) is 53.7 Å². The molecule has 0 fully saturated rings. The van der Waals surface area contributed by atoms with E-state index in [9.17, 15) is 9.59 Å². The summed E-state index contributed by atoms with van der Waals surface area (Å²) in [6.45, 7) is 6.97. The molecule has 0 spiro atoms. The Morgan fingerprint density at radius 1 is 1.06 bits per heavy atom. The monoisotopic (exact) mass is 545 g/mol. The minimum absolute atomic E-state index is 0.0842. The normalized spacial score (nSPS) is 10.9. The Kier molecular flexibility index (Phi) is 9.52. The summed E-state index contributed by atoms with van der Waals surface area (Å²) in [5.74, 6) is 1.53. The third-order valence-corrected chi connectivity index (χ3v) is 6.43. The molecule has 2 N–H and O–H groups in total. The predicted octanol–water partition coefficient (Wildman–Crippen LogP) is 4.61. The fourth-order valence-electron chi connectivity index (χ4n) is 3.06. The lowest BCUT2D eigenvalue weighted by atomic mass is 10.0. The standard InChI is InChI=1S/C24H28BrN5O3S/c1-4-30-21(13-26-22(31)14-33-20-11-5-17(6-12-20)16(2)3)28-29-24(30)34-15-23(32)27-19-9-7-18(25)8-10-19/h5-12,16H,4,13-15H2,1-3H3,(H,26,31)(H,27,32). The first-order chi connectivity index (χ1) is 16.4. The molecule has 2 amide bonds. The molecule has 34 heavy (non-hydrogen) atoms. The summed E-state index contributed by atoms with van der Waals surface area (Å²) in [6.07, 6.45) is 0. The van der Waals surface area contributed by atoms with Crippen molar-refractivity contribution in [2.75, 3.05) is 17.7 Å². The van der Waals surface area contributed by atoms with E-state index in [1.807, 2.05) is 60.0 Å². The van der Waals surface area contributed by atoms with E-state index < -0.39 is 0 Å². The largest absolute Gasteiger partial charge is 0.484 e.